The molecule has 0 amide bonds. The second kappa shape index (κ2) is 14.3. The molecule has 0 radical (unpaired) electrons. The van der Waals surface area contributed by atoms with Crippen LogP contribution in [-0.2, 0) is 19.4 Å². The molecule has 0 unspecified atom stereocenters. The molecular formula is C10H14N2Na2O8. The quantitative estimate of drug-likeness (QED) is 0.161. The maximum atomic E-state index is 10.6. The third-order valence-electron chi connectivity index (χ3n) is 2.16. The standard InChI is InChI=1S/C10H16N2O8.2Na/c1-7(19-17)12(8(2)20-18)4-3-11(5-9(13)14)6-10(15)16;;/h17-18H,1-6H2,(H,13,14)(H,15,16);;/q;2*+1/p-2. The maximum Gasteiger partial charge on any atom is 1.00 e. The van der Waals surface area contributed by atoms with E-state index in [2.05, 4.69) is 22.9 Å². The first-order valence-corrected chi connectivity index (χ1v) is 5.22. The summed E-state index contributed by atoms with van der Waals surface area (Å²) >= 11 is 0. The van der Waals surface area contributed by atoms with Gasteiger partial charge in [0.2, 0.25) is 5.88 Å². The molecule has 22 heavy (non-hydrogen) atoms. The van der Waals surface area contributed by atoms with Crippen LogP contribution in [0.5, 0.6) is 0 Å². The first-order valence-electron chi connectivity index (χ1n) is 5.22. The van der Waals surface area contributed by atoms with E-state index >= 15 is 0 Å². The molecule has 0 aliphatic rings. The first kappa shape index (κ1) is 26.6. The number of nitrogens with zero attached hydrogens (tertiary/aromatic N) is 2. The molecule has 0 rings (SSSR count). The molecule has 0 aliphatic carbocycles. The summed E-state index contributed by atoms with van der Waals surface area (Å²) in [6.45, 7) is 5.01. The Morgan fingerprint density at radius 1 is 1.09 bits per heavy atom. The van der Waals surface area contributed by atoms with Crippen molar-refractivity contribution in [3.8, 4) is 0 Å². The molecule has 0 spiro atoms. The molecule has 12 heteroatoms. The third-order valence-corrected chi connectivity index (χ3v) is 2.16. The second-order valence-electron chi connectivity index (χ2n) is 3.59. The number of rotatable bonds is 11. The number of carbonyl (C=O) groups is 2. The summed E-state index contributed by atoms with van der Waals surface area (Å²) in [5.41, 5.74) is 0. The number of aliphatic carboxylic acids is 2. The van der Waals surface area contributed by atoms with Crippen LogP contribution in [0.2, 0.25) is 0 Å². The van der Waals surface area contributed by atoms with Crippen molar-refractivity contribution in [1.29, 1.82) is 0 Å². The first-order chi connectivity index (χ1) is 9.31. The molecule has 2 N–H and O–H groups in total. The monoisotopic (exact) mass is 336 g/mol. The van der Waals surface area contributed by atoms with E-state index in [-0.39, 0.29) is 72.2 Å². The molecule has 0 aromatic rings. The Bertz CT molecular complexity index is 361. The van der Waals surface area contributed by atoms with Gasteiger partial charge in [-0.15, -0.1) is 0 Å². The zero-order chi connectivity index (χ0) is 15.7. The summed E-state index contributed by atoms with van der Waals surface area (Å²) in [5, 5.41) is 37.8. The van der Waals surface area contributed by atoms with Crippen LogP contribution in [0, 0.1) is 0 Å². The van der Waals surface area contributed by atoms with Gasteiger partial charge in [-0.05, 0) is 13.2 Å². The Kier molecular flexibility index (Phi) is 17.3. The average molecular weight is 336 g/mol. The molecule has 0 bridgehead atoms. The van der Waals surface area contributed by atoms with E-state index in [1.165, 1.54) is 0 Å². The van der Waals surface area contributed by atoms with Crippen molar-refractivity contribution in [3.63, 3.8) is 0 Å². The van der Waals surface area contributed by atoms with Crippen molar-refractivity contribution >= 4 is 11.9 Å². The molecule has 114 valence electrons. The molecule has 10 nitrogen and oxygen atoms in total. The summed E-state index contributed by atoms with van der Waals surface area (Å²) in [5.74, 6) is -3.56. The Morgan fingerprint density at radius 2 is 1.64 bits per heavy atom. The van der Waals surface area contributed by atoms with Crippen molar-refractivity contribution in [3.05, 3.63) is 24.9 Å². The molecule has 0 heterocycles. The molecule has 0 atom stereocenters. The van der Waals surface area contributed by atoms with E-state index < -0.39 is 36.8 Å². The summed E-state index contributed by atoms with van der Waals surface area (Å²) in [6, 6.07) is 0. The minimum absolute atomic E-state index is 0. The van der Waals surface area contributed by atoms with Crippen LogP contribution < -0.4 is 69.5 Å². The van der Waals surface area contributed by atoms with Crippen LogP contribution >= 0.6 is 0 Å². The average Bonchev–Trinajstić information content (AvgIpc) is 2.36. The van der Waals surface area contributed by atoms with Gasteiger partial charge in [0.1, 0.15) is 0 Å². The van der Waals surface area contributed by atoms with Gasteiger partial charge < -0.3 is 30.0 Å². The smallest absolute Gasteiger partial charge is 0.663 e. The van der Waals surface area contributed by atoms with Crippen LogP contribution in [0.15, 0.2) is 24.9 Å². The molecule has 0 aromatic heterocycles. The van der Waals surface area contributed by atoms with Crippen molar-refractivity contribution < 1.29 is 99.2 Å². The summed E-state index contributed by atoms with van der Waals surface area (Å²) < 4.78 is 0. The van der Waals surface area contributed by atoms with E-state index in [0.29, 0.717) is 0 Å². The number of hydrogen-bond acceptors (Lipinski definition) is 9. The van der Waals surface area contributed by atoms with E-state index in [1.807, 2.05) is 0 Å². The van der Waals surface area contributed by atoms with Gasteiger partial charge in [0, 0.05) is 19.6 Å². The van der Waals surface area contributed by atoms with Gasteiger partial charge in [-0.2, -0.15) is 0 Å². The van der Waals surface area contributed by atoms with Gasteiger partial charge in [-0.25, -0.2) is 5.26 Å². The van der Waals surface area contributed by atoms with Crippen molar-refractivity contribution in [2.24, 2.45) is 0 Å². The minimum atomic E-state index is -1.46. The largest absolute Gasteiger partial charge is 1.00 e. The van der Waals surface area contributed by atoms with Crippen LogP contribution in [0.25, 0.3) is 0 Å². The van der Waals surface area contributed by atoms with Gasteiger partial charge >= 0.3 is 65.1 Å². The zero-order valence-electron chi connectivity index (χ0n) is 12.5. The Morgan fingerprint density at radius 3 is 2.00 bits per heavy atom. The fraction of sp³-hybridized carbons (Fsp3) is 0.400. The van der Waals surface area contributed by atoms with Crippen LogP contribution in [0.3, 0.4) is 0 Å². The molecule has 0 fully saturated rings. The fourth-order valence-corrected chi connectivity index (χ4v) is 1.31. The Hall–Kier alpha value is -0.300. The van der Waals surface area contributed by atoms with Gasteiger partial charge in [-0.1, -0.05) is 0 Å². The van der Waals surface area contributed by atoms with E-state index in [9.17, 15) is 20.0 Å². The Balaban J connectivity index is -0.00000180. The van der Waals surface area contributed by atoms with Crippen molar-refractivity contribution in [2.75, 3.05) is 26.2 Å². The number of carboxylic acids is 2. The summed E-state index contributed by atoms with van der Waals surface area (Å²) in [4.78, 5) is 30.4. The molecule has 0 aliphatic heterocycles. The number of hydrogen-bond donors (Lipinski definition) is 2. The summed E-state index contributed by atoms with van der Waals surface area (Å²) in [6.07, 6.45) is 0. The van der Waals surface area contributed by atoms with E-state index in [1.54, 1.807) is 0 Å². The maximum absolute atomic E-state index is 10.6. The van der Waals surface area contributed by atoms with Gasteiger partial charge in [0.05, 0.1) is 12.5 Å². The predicted octanol–water partition coefficient (Wildman–Crippen LogP) is -8.84. The number of carboxylic acid groups (broad SMARTS) is 2. The Labute approximate surface area is 171 Å². The normalized spacial score (nSPS) is 9.05. The minimum Gasteiger partial charge on any atom is -0.663 e. The van der Waals surface area contributed by atoms with Gasteiger partial charge in [0.15, 0.2) is 5.88 Å². The zero-order valence-corrected chi connectivity index (χ0v) is 16.5. The van der Waals surface area contributed by atoms with Crippen LogP contribution in [0.4, 0.5) is 0 Å². The van der Waals surface area contributed by atoms with Gasteiger partial charge in [0.25, 0.3) is 0 Å². The molecule has 0 saturated heterocycles. The molecule has 0 aromatic carbocycles. The van der Waals surface area contributed by atoms with E-state index in [0.717, 1.165) is 9.80 Å². The predicted molar refractivity (Wildman–Crippen MR) is 58.9 cm³/mol. The van der Waals surface area contributed by atoms with Crippen molar-refractivity contribution in [1.82, 2.24) is 9.80 Å². The van der Waals surface area contributed by atoms with Crippen LogP contribution in [0.1, 0.15) is 0 Å². The second-order valence-corrected chi connectivity index (χ2v) is 3.59. The summed E-state index contributed by atoms with van der Waals surface area (Å²) in [7, 11) is 0. The van der Waals surface area contributed by atoms with Gasteiger partial charge in [-0.3, -0.25) is 14.6 Å². The molecular weight excluding hydrogens is 322 g/mol. The third kappa shape index (κ3) is 11.3. The van der Waals surface area contributed by atoms with E-state index in [4.69, 9.17) is 10.4 Å². The van der Waals surface area contributed by atoms with Crippen LogP contribution in [-0.4, -0.2) is 58.3 Å². The van der Waals surface area contributed by atoms with Crippen molar-refractivity contribution in [2.45, 2.75) is 0 Å². The fourth-order valence-electron chi connectivity index (χ4n) is 1.31. The SMILES string of the molecule is C=C(O[O-])N(CCN(CC(=O)[O-])CC(=O)O)C(=C)OO.[Na+].[Na+]. The molecule has 0 saturated carbocycles. The number of carbonyl (C=O) groups excluding carboxylic acids is 1. The topological polar surface area (TPSA) is 146 Å².